The van der Waals surface area contributed by atoms with Crippen LogP contribution in [0, 0.1) is 0 Å². The summed E-state index contributed by atoms with van der Waals surface area (Å²) < 4.78 is 21.8. The van der Waals surface area contributed by atoms with Crippen molar-refractivity contribution in [3.8, 4) is 23.0 Å². The maximum atomic E-state index is 12.7. The Balaban J connectivity index is 0.942. The van der Waals surface area contributed by atoms with E-state index in [0.29, 0.717) is 33.3 Å². The molecular formula is C28H26N6O6S2. The highest BCUT2D eigenvalue weighted by Gasteiger charge is 2.30. The molecule has 2 aliphatic heterocycles. The minimum atomic E-state index is -0.191. The van der Waals surface area contributed by atoms with Crippen molar-refractivity contribution in [2.45, 2.75) is 50.4 Å². The second-order valence-electron chi connectivity index (χ2n) is 10.2. The van der Waals surface area contributed by atoms with Gasteiger partial charge in [-0.25, -0.2) is 0 Å². The number of ether oxygens (including phenoxy) is 4. The Morgan fingerprint density at radius 3 is 1.71 bits per heavy atom. The van der Waals surface area contributed by atoms with Crippen molar-refractivity contribution >= 4 is 44.8 Å². The molecule has 1 saturated carbocycles. The van der Waals surface area contributed by atoms with E-state index in [2.05, 4.69) is 31.0 Å². The molecule has 2 amide bonds. The summed E-state index contributed by atoms with van der Waals surface area (Å²) in [6.07, 6.45) is 4.15. The molecule has 2 N–H and O–H groups in total. The molecule has 0 saturated heterocycles. The van der Waals surface area contributed by atoms with E-state index in [1.807, 2.05) is 36.4 Å². The first-order valence-electron chi connectivity index (χ1n) is 13.6. The summed E-state index contributed by atoms with van der Waals surface area (Å²) in [7, 11) is 0. The molecule has 216 valence electrons. The van der Waals surface area contributed by atoms with E-state index in [0.717, 1.165) is 46.8 Å². The van der Waals surface area contributed by atoms with Crippen LogP contribution in [0.1, 0.15) is 58.7 Å². The predicted octanol–water partition coefficient (Wildman–Crippen LogP) is 4.65. The molecule has 4 aromatic rings. The SMILES string of the molecule is O=C(Cc1cccc2c1OCO2)Nc1nnc([C@H]2CCC[C@H](c3nnc(NC(=O)Cc4cccc5c4OCO5)s3)C2)s1. The van der Waals surface area contributed by atoms with Gasteiger partial charge in [0.25, 0.3) is 0 Å². The number of carbonyl (C=O) groups is 2. The number of rotatable bonds is 8. The van der Waals surface area contributed by atoms with Gasteiger partial charge in [0.15, 0.2) is 23.0 Å². The van der Waals surface area contributed by atoms with Crippen molar-refractivity contribution in [2.24, 2.45) is 0 Å². The summed E-state index contributed by atoms with van der Waals surface area (Å²) in [6.45, 7) is 0.315. The van der Waals surface area contributed by atoms with Crippen LogP contribution in [0.5, 0.6) is 23.0 Å². The van der Waals surface area contributed by atoms with Gasteiger partial charge in [0, 0.05) is 23.0 Å². The highest BCUT2D eigenvalue weighted by atomic mass is 32.1. The van der Waals surface area contributed by atoms with Crippen LogP contribution in [0.2, 0.25) is 0 Å². The van der Waals surface area contributed by atoms with Crippen molar-refractivity contribution in [1.82, 2.24) is 20.4 Å². The Morgan fingerprint density at radius 2 is 1.21 bits per heavy atom. The van der Waals surface area contributed by atoms with Crippen LogP contribution in [0.25, 0.3) is 0 Å². The summed E-state index contributed by atoms with van der Waals surface area (Å²) in [5, 5.41) is 25.7. The molecule has 2 aromatic heterocycles. The van der Waals surface area contributed by atoms with Crippen LogP contribution in [-0.4, -0.2) is 45.8 Å². The zero-order chi connectivity index (χ0) is 28.5. The Labute approximate surface area is 248 Å². The van der Waals surface area contributed by atoms with E-state index in [4.69, 9.17) is 18.9 Å². The molecule has 7 rings (SSSR count). The molecule has 0 spiro atoms. The molecule has 0 unspecified atom stereocenters. The van der Waals surface area contributed by atoms with Gasteiger partial charge in [-0.2, -0.15) is 0 Å². The van der Waals surface area contributed by atoms with Gasteiger partial charge < -0.3 is 29.6 Å². The fourth-order valence-corrected chi connectivity index (χ4v) is 7.29. The maximum Gasteiger partial charge on any atom is 0.231 e. The van der Waals surface area contributed by atoms with Gasteiger partial charge in [-0.15, -0.1) is 20.4 Å². The second kappa shape index (κ2) is 11.5. The first-order valence-corrected chi connectivity index (χ1v) is 15.2. The zero-order valence-electron chi connectivity index (χ0n) is 22.3. The molecule has 1 aliphatic carbocycles. The van der Waals surface area contributed by atoms with Crippen LogP contribution >= 0.6 is 22.7 Å². The van der Waals surface area contributed by atoms with Crippen molar-refractivity contribution in [3.63, 3.8) is 0 Å². The average molecular weight is 607 g/mol. The zero-order valence-corrected chi connectivity index (χ0v) is 24.0. The molecule has 14 heteroatoms. The first-order chi connectivity index (χ1) is 20.6. The molecule has 4 heterocycles. The van der Waals surface area contributed by atoms with Crippen LogP contribution in [0.15, 0.2) is 36.4 Å². The number of aromatic nitrogens is 4. The lowest BCUT2D eigenvalue weighted by Gasteiger charge is -2.25. The highest BCUT2D eigenvalue weighted by Crippen LogP contribution is 2.44. The Hall–Kier alpha value is -4.30. The maximum absolute atomic E-state index is 12.7. The quantitative estimate of drug-likeness (QED) is 0.291. The molecule has 0 bridgehead atoms. The van der Waals surface area contributed by atoms with Gasteiger partial charge in [0.2, 0.25) is 35.7 Å². The fraction of sp³-hybridized carbons (Fsp3) is 0.357. The highest BCUT2D eigenvalue weighted by molar-refractivity contribution is 7.15. The fourth-order valence-electron chi connectivity index (χ4n) is 5.47. The number of hydrogen-bond acceptors (Lipinski definition) is 12. The normalized spacial score (nSPS) is 18.6. The van der Waals surface area contributed by atoms with Crippen LogP contribution in [0.4, 0.5) is 10.3 Å². The number of nitrogens with zero attached hydrogens (tertiary/aromatic N) is 4. The van der Waals surface area contributed by atoms with Crippen LogP contribution in [0.3, 0.4) is 0 Å². The van der Waals surface area contributed by atoms with Crippen molar-refractivity contribution in [2.75, 3.05) is 24.2 Å². The van der Waals surface area contributed by atoms with Gasteiger partial charge in [-0.3, -0.25) is 9.59 Å². The Morgan fingerprint density at radius 1 is 0.714 bits per heavy atom. The number of nitrogens with one attached hydrogen (secondary N) is 2. The molecule has 3 aliphatic rings. The molecule has 2 atom stereocenters. The third kappa shape index (κ3) is 5.59. The third-order valence-corrected chi connectivity index (χ3v) is 9.41. The van der Waals surface area contributed by atoms with Gasteiger partial charge in [0.1, 0.15) is 10.0 Å². The standard InChI is InChI=1S/C28H26N6O6S2/c35-21(11-15-4-2-8-19-23(15)39-13-37-19)29-27-33-31-25(41-27)17-6-1-7-18(10-17)26-32-34-28(42-26)30-22(36)12-16-5-3-9-20-24(16)40-14-38-20/h2-5,8-9,17-18H,1,6-7,10-14H2,(H,29,33,35)(H,30,34,36)/t17-,18-/m0/s1. The van der Waals surface area contributed by atoms with Gasteiger partial charge in [0.05, 0.1) is 12.8 Å². The minimum Gasteiger partial charge on any atom is -0.454 e. The Bertz CT molecular complexity index is 1520. The van der Waals surface area contributed by atoms with Crippen LogP contribution < -0.4 is 29.6 Å². The first kappa shape index (κ1) is 26.6. The van der Waals surface area contributed by atoms with Gasteiger partial charge in [-0.05, 0) is 31.4 Å². The topological polar surface area (TPSA) is 147 Å². The average Bonchev–Trinajstić information content (AvgIpc) is 3.81. The lowest BCUT2D eigenvalue weighted by atomic mass is 9.82. The molecule has 42 heavy (non-hydrogen) atoms. The number of hydrogen-bond donors (Lipinski definition) is 2. The smallest absolute Gasteiger partial charge is 0.231 e. The number of fused-ring (bicyclic) bond motifs is 2. The molecule has 1 fully saturated rings. The predicted molar refractivity (Wildman–Crippen MR) is 154 cm³/mol. The largest absolute Gasteiger partial charge is 0.454 e. The van der Waals surface area contributed by atoms with E-state index in [1.165, 1.54) is 22.7 Å². The molecule has 0 radical (unpaired) electrons. The lowest BCUT2D eigenvalue weighted by Crippen LogP contribution is -2.14. The Kier molecular flexibility index (Phi) is 7.30. The number of para-hydroxylation sites is 2. The van der Waals surface area contributed by atoms with Crippen molar-refractivity contribution < 1.29 is 28.5 Å². The number of amides is 2. The lowest BCUT2D eigenvalue weighted by molar-refractivity contribution is -0.116. The van der Waals surface area contributed by atoms with E-state index in [1.54, 1.807) is 0 Å². The van der Waals surface area contributed by atoms with E-state index < -0.39 is 0 Å². The summed E-state index contributed by atoms with van der Waals surface area (Å²) in [4.78, 5) is 25.4. The van der Waals surface area contributed by atoms with E-state index in [9.17, 15) is 9.59 Å². The second-order valence-corrected chi connectivity index (χ2v) is 12.2. The summed E-state index contributed by atoms with van der Waals surface area (Å²) >= 11 is 2.81. The monoisotopic (exact) mass is 606 g/mol. The molecule has 12 nitrogen and oxygen atoms in total. The summed E-state index contributed by atoms with van der Waals surface area (Å²) in [6, 6.07) is 11.0. The van der Waals surface area contributed by atoms with Gasteiger partial charge in [-0.1, -0.05) is 53.4 Å². The number of carbonyl (C=O) groups excluding carboxylic acids is 2. The summed E-state index contributed by atoms with van der Waals surface area (Å²) in [5.74, 6) is 2.56. The minimum absolute atomic E-state index is 0.151. The van der Waals surface area contributed by atoms with E-state index in [-0.39, 0.29) is 50.1 Å². The molecule has 2 aromatic carbocycles. The number of anilines is 2. The van der Waals surface area contributed by atoms with Crippen LogP contribution in [-0.2, 0) is 22.4 Å². The number of benzene rings is 2. The summed E-state index contributed by atoms with van der Waals surface area (Å²) in [5.41, 5.74) is 1.53. The van der Waals surface area contributed by atoms with E-state index >= 15 is 0 Å². The third-order valence-electron chi connectivity index (χ3n) is 7.40. The molecular weight excluding hydrogens is 580 g/mol. The van der Waals surface area contributed by atoms with Crippen molar-refractivity contribution in [1.29, 1.82) is 0 Å². The van der Waals surface area contributed by atoms with Gasteiger partial charge >= 0.3 is 0 Å². The van der Waals surface area contributed by atoms with Crippen molar-refractivity contribution in [3.05, 3.63) is 57.5 Å².